The van der Waals surface area contributed by atoms with E-state index in [4.69, 9.17) is 10.8 Å². The van der Waals surface area contributed by atoms with Crippen molar-refractivity contribution in [2.75, 3.05) is 5.32 Å². The summed E-state index contributed by atoms with van der Waals surface area (Å²) >= 11 is 0. The lowest BCUT2D eigenvalue weighted by Crippen LogP contribution is -2.30. The molecule has 3 aromatic heterocycles. The van der Waals surface area contributed by atoms with Gasteiger partial charge < -0.3 is 15.7 Å². The van der Waals surface area contributed by atoms with E-state index in [-0.39, 0.29) is 11.4 Å². The van der Waals surface area contributed by atoms with Gasteiger partial charge in [-0.2, -0.15) is 5.10 Å². The van der Waals surface area contributed by atoms with Gasteiger partial charge in [-0.3, -0.25) is 14.9 Å². The molecule has 8 nitrogen and oxygen atoms in total. The molecular formula is C18H21N7O. The number of nitrogens with zero attached hydrogens (tertiary/aromatic N) is 3. The molecule has 1 atom stereocenters. The van der Waals surface area contributed by atoms with Gasteiger partial charge >= 0.3 is 0 Å². The molecule has 8 heteroatoms. The van der Waals surface area contributed by atoms with Crippen LogP contribution in [0.1, 0.15) is 19.5 Å². The average molecular weight is 351 g/mol. The number of aryl methyl sites for hydroxylation is 2. The Morgan fingerprint density at radius 3 is 2.69 bits per heavy atom. The third-order valence-corrected chi connectivity index (χ3v) is 4.36. The molecule has 0 aliphatic heterocycles. The molecule has 26 heavy (non-hydrogen) atoms. The van der Waals surface area contributed by atoms with E-state index < -0.39 is 11.8 Å². The topological polar surface area (TPSA) is 123 Å². The van der Waals surface area contributed by atoms with Crippen molar-refractivity contribution in [2.45, 2.75) is 20.8 Å². The highest BCUT2D eigenvalue weighted by atomic mass is 16.1. The quantitative estimate of drug-likeness (QED) is 0.528. The van der Waals surface area contributed by atoms with Crippen LogP contribution >= 0.6 is 0 Å². The Hall–Kier alpha value is -3.29. The second-order valence-corrected chi connectivity index (χ2v) is 6.42. The molecule has 0 fully saturated rings. The molecule has 0 saturated heterocycles. The highest BCUT2D eigenvalue weighted by Crippen LogP contribution is 2.26. The maximum atomic E-state index is 12.2. The SMILES string of the molecule is CC(=N)C(C)C(=N)C(=O)Nc1cnc2[nH]c(-c3cn(C)nc3C)cc2c1. The number of carbonyl (C=O) groups excluding carboxylic acids is 1. The number of aromatic amines is 1. The lowest BCUT2D eigenvalue weighted by Gasteiger charge is -2.11. The van der Waals surface area contributed by atoms with Crippen molar-refractivity contribution in [3.63, 3.8) is 0 Å². The summed E-state index contributed by atoms with van der Waals surface area (Å²) in [6.45, 7) is 5.19. The molecule has 0 aliphatic carbocycles. The monoisotopic (exact) mass is 351 g/mol. The fourth-order valence-corrected chi connectivity index (χ4v) is 2.70. The maximum absolute atomic E-state index is 12.2. The first-order valence-electron chi connectivity index (χ1n) is 8.20. The molecule has 0 spiro atoms. The average Bonchev–Trinajstić information content (AvgIpc) is 3.15. The van der Waals surface area contributed by atoms with Crippen LogP contribution in [-0.4, -0.2) is 37.1 Å². The van der Waals surface area contributed by atoms with Crippen LogP contribution in [0.15, 0.2) is 24.5 Å². The Balaban J connectivity index is 1.86. The standard InChI is InChI=1S/C18H21N7O/c1-9(10(2)19)16(20)18(26)22-13-5-12-6-15(23-17(12)21-7-13)14-8-25(4)24-11(14)3/h5-9,19-20H,1-4H3,(H,21,23)(H,22,26). The number of amides is 1. The molecule has 3 heterocycles. The van der Waals surface area contributed by atoms with Crippen molar-refractivity contribution in [3.8, 4) is 11.3 Å². The van der Waals surface area contributed by atoms with Crippen LogP contribution in [0.3, 0.4) is 0 Å². The highest BCUT2D eigenvalue weighted by Gasteiger charge is 2.19. The summed E-state index contributed by atoms with van der Waals surface area (Å²) in [7, 11) is 1.87. The normalized spacial score (nSPS) is 12.2. The van der Waals surface area contributed by atoms with Crippen LogP contribution < -0.4 is 5.32 Å². The first-order chi connectivity index (χ1) is 12.3. The minimum absolute atomic E-state index is 0.140. The van der Waals surface area contributed by atoms with Crippen molar-refractivity contribution in [1.82, 2.24) is 19.7 Å². The summed E-state index contributed by atoms with van der Waals surface area (Å²) < 4.78 is 1.76. The Bertz CT molecular complexity index is 1030. The van der Waals surface area contributed by atoms with Crippen molar-refractivity contribution in [1.29, 1.82) is 10.8 Å². The van der Waals surface area contributed by atoms with E-state index in [0.29, 0.717) is 11.3 Å². The minimum Gasteiger partial charge on any atom is -0.339 e. The summed E-state index contributed by atoms with van der Waals surface area (Å²) in [4.78, 5) is 19.8. The van der Waals surface area contributed by atoms with Crippen LogP contribution in [0.4, 0.5) is 5.69 Å². The van der Waals surface area contributed by atoms with Gasteiger partial charge in [-0.25, -0.2) is 4.98 Å². The van der Waals surface area contributed by atoms with Crippen LogP contribution in [0, 0.1) is 23.7 Å². The van der Waals surface area contributed by atoms with Gasteiger partial charge in [-0.05, 0) is 26.0 Å². The predicted molar refractivity (Wildman–Crippen MR) is 102 cm³/mol. The second-order valence-electron chi connectivity index (χ2n) is 6.42. The molecular weight excluding hydrogens is 330 g/mol. The molecule has 1 unspecified atom stereocenters. The third-order valence-electron chi connectivity index (χ3n) is 4.36. The summed E-state index contributed by atoms with van der Waals surface area (Å²) in [5, 5.41) is 23.3. The molecule has 3 aromatic rings. The lowest BCUT2D eigenvalue weighted by molar-refractivity contribution is -0.110. The van der Waals surface area contributed by atoms with E-state index >= 15 is 0 Å². The Morgan fingerprint density at radius 1 is 1.35 bits per heavy atom. The van der Waals surface area contributed by atoms with Crippen LogP contribution in [0.2, 0.25) is 0 Å². The number of pyridine rings is 1. The van der Waals surface area contributed by atoms with E-state index in [1.54, 1.807) is 30.8 Å². The number of hydrogen-bond donors (Lipinski definition) is 4. The zero-order valence-corrected chi connectivity index (χ0v) is 15.1. The number of H-pyrrole nitrogens is 1. The van der Waals surface area contributed by atoms with Crippen molar-refractivity contribution >= 4 is 34.1 Å². The lowest BCUT2D eigenvalue weighted by atomic mass is 10.0. The first-order valence-corrected chi connectivity index (χ1v) is 8.20. The van der Waals surface area contributed by atoms with Crippen molar-refractivity contribution < 1.29 is 4.79 Å². The number of aromatic nitrogens is 4. The third kappa shape index (κ3) is 3.26. The smallest absolute Gasteiger partial charge is 0.270 e. The Morgan fingerprint density at radius 2 is 2.08 bits per heavy atom. The fourth-order valence-electron chi connectivity index (χ4n) is 2.70. The van der Waals surface area contributed by atoms with E-state index in [2.05, 4.69) is 20.4 Å². The number of rotatable bonds is 5. The number of carbonyl (C=O) groups is 1. The molecule has 4 N–H and O–H groups in total. The minimum atomic E-state index is -0.524. The van der Waals surface area contributed by atoms with Gasteiger partial charge in [0.15, 0.2) is 0 Å². The number of anilines is 1. The molecule has 1 amide bonds. The second kappa shape index (κ2) is 6.55. The molecule has 0 saturated carbocycles. The van der Waals surface area contributed by atoms with Gasteiger partial charge in [0, 0.05) is 35.8 Å². The van der Waals surface area contributed by atoms with Gasteiger partial charge in [0.1, 0.15) is 11.4 Å². The van der Waals surface area contributed by atoms with Gasteiger partial charge in [0.25, 0.3) is 5.91 Å². The highest BCUT2D eigenvalue weighted by molar-refractivity contribution is 6.45. The predicted octanol–water partition coefficient (Wildman–Crippen LogP) is 2.91. The van der Waals surface area contributed by atoms with E-state index in [0.717, 1.165) is 22.3 Å². The largest absolute Gasteiger partial charge is 0.339 e. The zero-order chi connectivity index (χ0) is 19.0. The van der Waals surface area contributed by atoms with Gasteiger partial charge in [-0.15, -0.1) is 0 Å². The summed E-state index contributed by atoms with van der Waals surface area (Å²) in [6, 6.07) is 3.76. The van der Waals surface area contributed by atoms with Crippen LogP contribution in [-0.2, 0) is 11.8 Å². The summed E-state index contributed by atoms with van der Waals surface area (Å²) in [5.41, 5.74) is 4.17. The first kappa shape index (κ1) is 17.5. The number of fused-ring (bicyclic) bond motifs is 1. The molecule has 0 radical (unpaired) electrons. The van der Waals surface area contributed by atoms with E-state index in [1.807, 2.05) is 26.2 Å². The van der Waals surface area contributed by atoms with Crippen LogP contribution in [0.25, 0.3) is 22.3 Å². The Labute approximate surface area is 150 Å². The maximum Gasteiger partial charge on any atom is 0.270 e. The van der Waals surface area contributed by atoms with E-state index in [9.17, 15) is 4.79 Å². The van der Waals surface area contributed by atoms with Gasteiger partial charge in [-0.1, -0.05) is 6.92 Å². The number of hydrogen-bond acceptors (Lipinski definition) is 5. The van der Waals surface area contributed by atoms with E-state index in [1.165, 1.54) is 0 Å². The zero-order valence-electron chi connectivity index (χ0n) is 15.1. The summed E-state index contributed by atoms with van der Waals surface area (Å²) in [6.07, 6.45) is 3.48. The van der Waals surface area contributed by atoms with Gasteiger partial charge in [0.2, 0.25) is 0 Å². The molecule has 134 valence electrons. The molecule has 0 bridgehead atoms. The van der Waals surface area contributed by atoms with Crippen molar-refractivity contribution in [3.05, 3.63) is 30.2 Å². The molecule has 0 aromatic carbocycles. The van der Waals surface area contributed by atoms with Crippen LogP contribution in [0.5, 0.6) is 0 Å². The molecule has 0 aliphatic rings. The number of nitrogens with one attached hydrogen (secondary N) is 4. The van der Waals surface area contributed by atoms with Gasteiger partial charge in [0.05, 0.1) is 23.3 Å². The van der Waals surface area contributed by atoms with Crippen molar-refractivity contribution in [2.24, 2.45) is 13.0 Å². The fraction of sp³-hybridized carbons (Fsp3) is 0.278. The molecule has 3 rings (SSSR count). The summed E-state index contributed by atoms with van der Waals surface area (Å²) in [5.74, 6) is -1.04. The Kier molecular flexibility index (Phi) is 4.41.